The number of carbonyl (C=O) groups excluding carboxylic acids is 1. The van der Waals surface area contributed by atoms with Gasteiger partial charge in [-0.1, -0.05) is 11.3 Å². The van der Waals surface area contributed by atoms with Crippen LogP contribution in [-0.2, 0) is 11.3 Å². The van der Waals surface area contributed by atoms with Crippen molar-refractivity contribution < 1.29 is 23.4 Å². The summed E-state index contributed by atoms with van der Waals surface area (Å²) in [5.74, 6) is -1.28. The van der Waals surface area contributed by atoms with Gasteiger partial charge in [-0.05, 0) is 44.5 Å². The third kappa shape index (κ3) is 7.42. The van der Waals surface area contributed by atoms with Gasteiger partial charge in [-0.25, -0.2) is 23.4 Å². The lowest BCUT2D eigenvalue weighted by molar-refractivity contribution is -0.117. The molecule has 2 aromatic carbocycles. The third-order valence-electron chi connectivity index (χ3n) is 5.90. The lowest BCUT2D eigenvalue weighted by Crippen LogP contribution is -2.34. The molecule has 13 heteroatoms. The van der Waals surface area contributed by atoms with E-state index in [1.54, 1.807) is 0 Å². The number of rotatable bonds is 13. The van der Waals surface area contributed by atoms with E-state index in [4.69, 9.17) is 4.74 Å². The van der Waals surface area contributed by atoms with Crippen molar-refractivity contribution in [2.45, 2.75) is 32.9 Å². The molecule has 4 aromatic rings. The maximum atomic E-state index is 13.8. The normalized spacial score (nSPS) is 11.4. The fraction of sp³-hybridized carbons (Fsp3) is 0.346. The zero-order valence-electron chi connectivity index (χ0n) is 21.6. The van der Waals surface area contributed by atoms with Gasteiger partial charge in [0.25, 0.3) is 0 Å². The summed E-state index contributed by atoms with van der Waals surface area (Å²) < 4.78 is 34.3. The number of nitrogens with zero attached hydrogens (tertiary/aromatic N) is 6. The molecule has 1 amide bonds. The predicted molar refractivity (Wildman–Crippen MR) is 142 cm³/mol. The molecule has 0 saturated carbocycles. The van der Waals surface area contributed by atoms with Crippen molar-refractivity contribution in [1.29, 1.82) is 0 Å². The van der Waals surface area contributed by atoms with E-state index >= 15 is 0 Å². The first kappa shape index (κ1) is 27.8. The monoisotopic (exact) mass is 540 g/mol. The average molecular weight is 541 g/mol. The Morgan fingerprint density at radius 1 is 1.18 bits per heavy atom. The van der Waals surface area contributed by atoms with Gasteiger partial charge in [-0.15, -0.1) is 5.10 Å². The molecule has 39 heavy (non-hydrogen) atoms. The highest BCUT2D eigenvalue weighted by Crippen LogP contribution is 2.26. The van der Waals surface area contributed by atoms with Crippen molar-refractivity contribution in [3.05, 3.63) is 60.6 Å². The highest BCUT2D eigenvalue weighted by Gasteiger charge is 2.13. The van der Waals surface area contributed by atoms with Gasteiger partial charge in [0.15, 0.2) is 17.5 Å². The summed E-state index contributed by atoms with van der Waals surface area (Å²) in [6.07, 6.45) is 3.72. The Labute approximate surface area is 223 Å². The standard InChI is InChI=1S/C26H30F2N8O3/c1-17(2)35(10-11-37)9-4-12-39-18-7-8-19-22(13-18)29-16-30-26(19)32-23-14-36(34-33-23)15-24(38)31-21-6-3-5-20(27)25(21)28/h3,5-8,13-14,16-17,37H,4,9-12,15H2,1-2H3,(H,31,38)(H,29,30,32). The minimum Gasteiger partial charge on any atom is -0.493 e. The molecule has 0 fully saturated rings. The van der Waals surface area contributed by atoms with E-state index in [1.165, 1.54) is 29.3 Å². The van der Waals surface area contributed by atoms with Crippen molar-refractivity contribution >= 4 is 34.1 Å². The van der Waals surface area contributed by atoms with Crippen molar-refractivity contribution in [2.75, 3.05) is 36.9 Å². The Hall–Kier alpha value is -4.23. The van der Waals surface area contributed by atoms with Crippen LogP contribution in [0.1, 0.15) is 20.3 Å². The van der Waals surface area contributed by atoms with Crippen LogP contribution in [0.2, 0.25) is 0 Å². The molecule has 0 bridgehead atoms. The second kappa shape index (κ2) is 13.0. The molecule has 11 nitrogen and oxygen atoms in total. The van der Waals surface area contributed by atoms with E-state index in [0.29, 0.717) is 42.1 Å². The van der Waals surface area contributed by atoms with E-state index in [2.05, 4.69) is 49.7 Å². The number of anilines is 3. The lowest BCUT2D eigenvalue weighted by Gasteiger charge is -2.25. The number of hydrogen-bond donors (Lipinski definition) is 3. The van der Waals surface area contributed by atoms with Crippen LogP contribution in [0.15, 0.2) is 48.9 Å². The number of fused-ring (bicyclic) bond motifs is 1. The molecule has 0 saturated heterocycles. The molecule has 0 radical (unpaired) electrons. The van der Waals surface area contributed by atoms with Crippen LogP contribution in [-0.4, -0.2) is 73.2 Å². The summed E-state index contributed by atoms with van der Waals surface area (Å²) in [5, 5.41) is 23.2. The first-order valence-corrected chi connectivity index (χ1v) is 12.5. The Bertz CT molecular complexity index is 1420. The Balaban J connectivity index is 1.34. The van der Waals surface area contributed by atoms with Gasteiger partial charge in [-0.3, -0.25) is 9.69 Å². The quantitative estimate of drug-likeness (QED) is 0.219. The van der Waals surface area contributed by atoms with E-state index in [-0.39, 0.29) is 18.8 Å². The highest BCUT2D eigenvalue weighted by molar-refractivity contribution is 5.91. The first-order valence-electron chi connectivity index (χ1n) is 12.5. The van der Waals surface area contributed by atoms with Crippen LogP contribution >= 0.6 is 0 Å². The second-order valence-electron chi connectivity index (χ2n) is 9.03. The van der Waals surface area contributed by atoms with Crippen LogP contribution in [0.4, 0.5) is 26.1 Å². The number of hydrogen-bond acceptors (Lipinski definition) is 9. The molecule has 206 valence electrons. The van der Waals surface area contributed by atoms with Gasteiger partial charge >= 0.3 is 0 Å². The number of ether oxygens (including phenoxy) is 1. The van der Waals surface area contributed by atoms with Gasteiger partial charge in [0.2, 0.25) is 5.91 Å². The second-order valence-corrected chi connectivity index (χ2v) is 9.03. The van der Waals surface area contributed by atoms with Crippen molar-refractivity contribution in [3.63, 3.8) is 0 Å². The zero-order chi connectivity index (χ0) is 27.8. The zero-order valence-corrected chi connectivity index (χ0v) is 21.6. The van der Waals surface area contributed by atoms with E-state index in [0.717, 1.165) is 24.4 Å². The van der Waals surface area contributed by atoms with Crippen LogP contribution in [0.3, 0.4) is 0 Å². The number of aliphatic hydroxyl groups excluding tert-OH is 1. The van der Waals surface area contributed by atoms with Crippen LogP contribution in [0.25, 0.3) is 10.9 Å². The van der Waals surface area contributed by atoms with Gasteiger partial charge in [0, 0.05) is 30.6 Å². The van der Waals surface area contributed by atoms with Gasteiger partial charge in [0.05, 0.1) is 30.6 Å². The maximum absolute atomic E-state index is 13.8. The summed E-state index contributed by atoms with van der Waals surface area (Å²) in [5.41, 5.74) is 0.409. The molecule has 0 atom stereocenters. The third-order valence-corrected chi connectivity index (χ3v) is 5.90. The smallest absolute Gasteiger partial charge is 0.246 e. The average Bonchev–Trinajstić information content (AvgIpc) is 3.34. The topological polar surface area (TPSA) is 130 Å². The van der Waals surface area contributed by atoms with E-state index in [1.807, 2.05) is 18.2 Å². The molecular weight excluding hydrogens is 510 g/mol. The van der Waals surface area contributed by atoms with Gasteiger partial charge < -0.3 is 20.5 Å². The molecule has 0 unspecified atom stereocenters. The largest absolute Gasteiger partial charge is 0.493 e. The number of aromatic nitrogens is 5. The van der Waals surface area contributed by atoms with Crippen LogP contribution in [0.5, 0.6) is 5.75 Å². The van der Waals surface area contributed by atoms with Crippen molar-refractivity contribution in [2.24, 2.45) is 0 Å². The number of carbonyl (C=O) groups is 1. The molecular formula is C26H30F2N8O3. The fourth-order valence-corrected chi connectivity index (χ4v) is 3.93. The van der Waals surface area contributed by atoms with Gasteiger partial charge in [0.1, 0.15) is 24.4 Å². The van der Waals surface area contributed by atoms with Crippen LogP contribution < -0.4 is 15.4 Å². The molecule has 4 rings (SSSR count). The van der Waals surface area contributed by atoms with Crippen molar-refractivity contribution in [3.8, 4) is 5.75 Å². The lowest BCUT2D eigenvalue weighted by atomic mass is 10.2. The predicted octanol–water partition coefficient (Wildman–Crippen LogP) is 3.35. The maximum Gasteiger partial charge on any atom is 0.246 e. The Morgan fingerprint density at radius 2 is 2.03 bits per heavy atom. The summed E-state index contributed by atoms with van der Waals surface area (Å²) in [7, 11) is 0. The summed E-state index contributed by atoms with van der Waals surface area (Å²) in [6.45, 7) is 6.05. The molecule has 2 aromatic heterocycles. The Kier molecular flexibility index (Phi) is 9.28. The fourth-order valence-electron chi connectivity index (χ4n) is 3.93. The summed E-state index contributed by atoms with van der Waals surface area (Å²) in [4.78, 5) is 23.1. The van der Waals surface area contributed by atoms with E-state index < -0.39 is 17.5 Å². The number of aliphatic hydroxyl groups is 1. The first-order chi connectivity index (χ1) is 18.8. The van der Waals surface area contributed by atoms with Gasteiger partial charge in [-0.2, -0.15) is 0 Å². The molecule has 3 N–H and O–H groups in total. The number of halogens is 2. The minimum absolute atomic E-state index is 0.128. The number of amides is 1. The SMILES string of the molecule is CC(C)N(CCO)CCCOc1ccc2c(Nc3cn(CC(=O)Nc4cccc(F)c4F)nn3)ncnc2c1. The molecule has 2 heterocycles. The summed E-state index contributed by atoms with van der Waals surface area (Å²) >= 11 is 0. The molecule has 0 aliphatic carbocycles. The minimum atomic E-state index is -1.13. The summed E-state index contributed by atoms with van der Waals surface area (Å²) in [6, 6.07) is 9.37. The molecule has 0 spiro atoms. The van der Waals surface area contributed by atoms with Crippen LogP contribution in [0, 0.1) is 11.6 Å². The number of benzene rings is 2. The van der Waals surface area contributed by atoms with Crippen molar-refractivity contribution in [1.82, 2.24) is 29.9 Å². The molecule has 0 aliphatic heterocycles. The number of nitrogens with one attached hydrogen (secondary N) is 2. The van der Waals surface area contributed by atoms with E-state index in [9.17, 15) is 18.7 Å². The molecule has 0 aliphatic rings. The Morgan fingerprint density at radius 3 is 2.82 bits per heavy atom. The highest BCUT2D eigenvalue weighted by atomic mass is 19.2.